The first-order valence-electron chi connectivity index (χ1n) is 12.3. The number of anilines is 1. The van der Waals surface area contributed by atoms with Crippen LogP contribution in [0.3, 0.4) is 0 Å². The number of thioether (sulfide) groups is 1. The van der Waals surface area contributed by atoms with E-state index < -0.39 is 28.5 Å². The Kier molecular flexibility index (Phi) is 8.80. The number of nitro groups is 1. The van der Waals surface area contributed by atoms with Crippen molar-refractivity contribution in [2.24, 2.45) is 0 Å². The second-order valence-electron chi connectivity index (χ2n) is 8.95. The summed E-state index contributed by atoms with van der Waals surface area (Å²) in [5.41, 5.74) is 2.10. The van der Waals surface area contributed by atoms with Crippen molar-refractivity contribution in [1.29, 1.82) is 0 Å². The third-order valence-electron chi connectivity index (χ3n) is 5.75. The number of carbonyl (C=O) groups excluding carboxylic acids is 3. The third-order valence-corrected chi connectivity index (χ3v) is 6.66. The monoisotopic (exact) mass is 562 g/mol. The maximum atomic E-state index is 12.9. The minimum atomic E-state index is -0.575. The molecular formula is C28H26N4O7S. The van der Waals surface area contributed by atoms with Crippen LogP contribution >= 0.6 is 11.8 Å². The molecule has 1 aliphatic rings. The molecule has 1 fully saturated rings. The lowest BCUT2D eigenvalue weighted by Crippen LogP contribution is -2.36. The van der Waals surface area contributed by atoms with Crippen LogP contribution in [-0.4, -0.2) is 45.0 Å². The molecule has 0 aliphatic carbocycles. The number of imide groups is 1. The highest BCUT2D eigenvalue weighted by atomic mass is 32.2. The molecule has 11 nitrogen and oxygen atoms in total. The molecule has 3 amide bonds. The van der Waals surface area contributed by atoms with Crippen LogP contribution < -0.4 is 14.8 Å². The van der Waals surface area contributed by atoms with Crippen LogP contribution in [0.25, 0.3) is 6.08 Å². The van der Waals surface area contributed by atoms with Gasteiger partial charge in [0.2, 0.25) is 11.8 Å². The number of carbonyl (C=O) groups is 3. The van der Waals surface area contributed by atoms with Crippen molar-refractivity contribution >= 4 is 46.3 Å². The van der Waals surface area contributed by atoms with Crippen LogP contribution in [0, 0.1) is 10.1 Å². The van der Waals surface area contributed by atoms with E-state index in [1.54, 1.807) is 37.3 Å². The van der Waals surface area contributed by atoms with Gasteiger partial charge in [-0.2, -0.15) is 0 Å². The quantitative estimate of drug-likeness (QED) is 0.179. The number of aromatic nitrogens is 1. The van der Waals surface area contributed by atoms with Crippen LogP contribution in [0.4, 0.5) is 16.2 Å². The summed E-state index contributed by atoms with van der Waals surface area (Å²) in [4.78, 5) is 53.3. The summed E-state index contributed by atoms with van der Waals surface area (Å²) in [5.74, 6) is 0.0846. The number of amides is 3. The highest BCUT2D eigenvalue weighted by molar-refractivity contribution is 8.18. The number of rotatable bonds is 10. The molecule has 1 aromatic heterocycles. The van der Waals surface area contributed by atoms with E-state index in [1.165, 1.54) is 18.2 Å². The predicted octanol–water partition coefficient (Wildman–Crippen LogP) is 5.98. The van der Waals surface area contributed by atoms with Gasteiger partial charge in [-0.1, -0.05) is 32.0 Å². The van der Waals surface area contributed by atoms with E-state index in [1.807, 2.05) is 12.1 Å². The number of nitrogens with one attached hydrogen (secondary N) is 1. The van der Waals surface area contributed by atoms with Gasteiger partial charge in [0.05, 0.1) is 16.4 Å². The Balaban J connectivity index is 1.45. The number of nitrogens with zero attached hydrogens (tertiary/aromatic N) is 3. The first-order chi connectivity index (χ1) is 19.1. The lowest BCUT2D eigenvalue weighted by Gasteiger charge is -2.13. The third kappa shape index (κ3) is 6.83. The normalized spacial score (nSPS) is 14.1. The van der Waals surface area contributed by atoms with Gasteiger partial charge in [-0.05, 0) is 66.1 Å². The van der Waals surface area contributed by atoms with E-state index in [4.69, 9.17) is 9.47 Å². The molecule has 0 bridgehead atoms. The smallest absolute Gasteiger partial charge is 0.294 e. The molecule has 4 rings (SSSR count). The Hall–Kier alpha value is -4.71. The second kappa shape index (κ2) is 12.4. The molecule has 2 heterocycles. The van der Waals surface area contributed by atoms with Gasteiger partial charge in [-0.25, -0.2) is 4.98 Å². The molecule has 0 unspecified atom stereocenters. The maximum absolute atomic E-state index is 12.9. The van der Waals surface area contributed by atoms with Gasteiger partial charge in [-0.15, -0.1) is 0 Å². The molecular weight excluding hydrogens is 536 g/mol. The Bertz CT molecular complexity index is 1470. The van der Waals surface area contributed by atoms with Crippen molar-refractivity contribution < 1.29 is 28.8 Å². The molecule has 0 saturated carbocycles. The first kappa shape index (κ1) is 28.3. The van der Waals surface area contributed by atoms with Gasteiger partial charge < -0.3 is 14.8 Å². The Labute approximate surface area is 234 Å². The molecule has 3 aromatic rings. The fourth-order valence-corrected chi connectivity index (χ4v) is 4.54. The van der Waals surface area contributed by atoms with Crippen LogP contribution in [-0.2, 0) is 9.59 Å². The van der Waals surface area contributed by atoms with E-state index in [2.05, 4.69) is 24.1 Å². The average Bonchev–Trinajstić information content (AvgIpc) is 3.18. The summed E-state index contributed by atoms with van der Waals surface area (Å²) < 4.78 is 11.4. The Morgan fingerprint density at radius 2 is 1.88 bits per heavy atom. The number of ether oxygens (including phenoxy) is 2. The first-order valence-corrected chi connectivity index (χ1v) is 13.2. The van der Waals surface area contributed by atoms with E-state index in [9.17, 15) is 24.5 Å². The molecule has 0 radical (unpaired) electrons. The standard InChI is InChI=1S/C28H26N4O7S/c1-4-38-23-13-18(5-11-22(23)39-26-12-10-21(15-29-26)32(36)37)14-24-27(34)31(28(35)40-24)16-25(33)30-20-8-6-19(7-9-20)17(2)3/h5-15,17H,4,16H2,1-3H3,(H,30,33)/b24-14-. The van der Waals surface area contributed by atoms with E-state index >= 15 is 0 Å². The lowest BCUT2D eigenvalue weighted by molar-refractivity contribution is -0.385. The summed E-state index contributed by atoms with van der Waals surface area (Å²) in [6.07, 6.45) is 2.62. The predicted molar refractivity (Wildman–Crippen MR) is 150 cm³/mol. The summed E-state index contributed by atoms with van der Waals surface area (Å²) in [6, 6.07) is 14.9. The lowest BCUT2D eigenvalue weighted by atomic mass is 10.0. The molecule has 12 heteroatoms. The van der Waals surface area contributed by atoms with Gasteiger partial charge in [0, 0.05) is 17.8 Å². The Morgan fingerprint density at radius 3 is 2.50 bits per heavy atom. The SMILES string of the molecule is CCOc1cc(/C=C2\SC(=O)N(CC(=O)Nc3ccc(C(C)C)cc3)C2=O)ccc1Oc1ccc([N+](=O)[O-])cn1. The highest BCUT2D eigenvalue weighted by Crippen LogP contribution is 2.36. The van der Waals surface area contributed by atoms with Crippen LogP contribution in [0.5, 0.6) is 17.4 Å². The van der Waals surface area contributed by atoms with Crippen molar-refractivity contribution in [3.05, 3.63) is 86.9 Å². The van der Waals surface area contributed by atoms with Crippen LogP contribution in [0.1, 0.15) is 37.8 Å². The minimum absolute atomic E-state index is 0.134. The average molecular weight is 563 g/mol. The van der Waals surface area contributed by atoms with Crippen LogP contribution in [0.2, 0.25) is 0 Å². The minimum Gasteiger partial charge on any atom is -0.490 e. The summed E-state index contributed by atoms with van der Waals surface area (Å²) in [6.45, 7) is 5.84. The molecule has 0 atom stereocenters. The zero-order valence-electron chi connectivity index (χ0n) is 22.0. The number of benzene rings is 2. The fourth-order valence-electron chi connectivity index (χ4n) is 3.70. The fraction of sp³-hybridized carbons (Fsp3) is 0.214. The molecule has 40 heavy (non-hydrogen) atoms. The molecule has 0 spiro atoms. The van der Waals surface area contributed by atoms with Gasteiger partial charge in [0.15, 0.2) is 11.5 Å². The number of hydrogen-bond acceptors (Lipinski definition) is 9. The molecule has 1 N–H and O–H groups in total. The number of hydrogen-bond donors (Lipinski definition) is 1. The number of pyridine rings is 1. The van der Waals surface area contributed by atoms with Gasteiger partial charge in [-0.3, -0.25) is 29.4 Å². The summed E-state index contributed by atoms with van der Waals surface area (Å²) in [5, 5.41) is 13.0. The second-order valence-corrected chi connectivity index (χ2v) is 9.94. The maximum Gasteiger partial charge on any atom is 0.294 e. The molecule has 2 aromatic carbocycles. The van der Waals surface area contributed by atoms with Crippen molar-refractivity contribution in [2.75, 3.05) is 18.5 Å². The van der Waals surface area contributed by atoms with Crippen molar-refractivity contribution in [3.8, 4) is 17.4 Å². The van der Waals surface area contributed by atoms with Crippen molar-refractivity contribution in [2.45, 2.75) is 26.7 Å². The van der Waals surface area contributed by atoms with E-state index in [0.29, 0.717) is 35.3 Å². The zero-order valence-corrected chi connectivity index (χ0v) is 22.8. The van der Waals surface area contributed by atoms with E-state index in [0.717, 1.165) is 28.4 Å². The largest absolute Gasteiger partial charge is 0.490 e. The van der Waals surface area contributed by atoms with Crippen LogP contribution in [0.15, 0.2) is 65.7 Å². The summed E-state index contributed by atoms with van der Waals surface area (Å²) in [7, 11) is 0. The van der Waals surface area contributed by atoms with Gasteiger partial charge in [0.25, 0.3) is 16.8 Å². The topological polar surface area (TPSA) is 141 Å². The Morgan fingerprint density at radius 1 is 1.12 bits per heavy atom. The highest BCUT2D eigenvalue weighted by Gasteiger charge is 2.36. The van der Waals surface area contributed by atoms with Gasteiger partial charge in [0.1, 0.15) is 12.7 Å². The van der Waals surface area contributed by atoms with E-state index in [-0.39, 0.29) is 16.5 Å². The molecule has 1 saturated heterocycles. The van der Waals surface area contributed by atoms with Gasteiger partial charge >= 0.3 is 0 Å². The molecule has 206 valence electrons. The zero-order chi connectivity index (χ0) is 28.8. The molecule has 1 aliphatic heterocycles. The van der Waals surface area contributed by atoms with Crippen molar-refractivity contribution in [1.82, 2.24) is 9.88 Å². The summed E-state index contributed by atoms with van der Waals surface area (Å²) >= 11 is 0.741. The van der Waals surface area contributed by atoms with Crippen molar-refractivity contribution in [3.63, 3.8) is 0 Å².